The zero-order chi connectivity index (χ0) is 20.8. The minimum Gasteiger partial charge on any atom is -0.396 e. The molecule has 2 aromatic carbocycles. The minimum absolute atomic E-state index is 0.165. The highest BCUT2D eigenvalue weighted by Gasteiger charge is 2.17. The highest BCUT2D eigenvalue weighted by atomic mass is 16.3. The van der Waals surface area contributed by atoms with Crippen molar-refractivity contribution in [3.05, 3.63) is 81.8 Å². The fourth-order valence-corrected chi connectivity index (χ4v) is 3.07. The minimum atomic E-state index is -0.417. The molecule has 0 unspecified atom stereocenters. The van der Waals surface area contributed by atoms with Gasteiger partial charge >= 0.3 is 0 Å². The molecule has 1 heterocycles. The zero-order valence-electron chi connectivity index (χ0n) is 15.9. The maximum atomic E-state index is 13.1. The van der Waals surface area contributed by atoms with Crippen molar-refractivity contribution < 1.29 is 9.90 Å². The van der Waals surface area contributed by atoms with E-state index in [2.05, 4.69) is 10.3 Å². The normalized spacial score (nSPS) is 10.4. The first kappa shape index (κ1) is 20.0. The number of nitriles is 1. The summed E-state index contributed by atoms with van der Waals surface area (Å²) in [4.78, 5) is 30.2. The van der Waals surface area contributed by atoms with Gasteiger partial charge in [0.05, 0.1) is 11.6 Å². The summed E-state index contributed by atoms with van der Waals surface area (Å²) in [6, 6.07) is 17.7. The zero-order valence-corrected chi connectivity index (χ0v) is 15.9. The van der Waals surface area contributed by atoms with Crippen molar-refractivity contribution in [2.75, 3.05) is 11.9 Å². The maximum Gasteiger partial charge on any atom is 0.257 e. The van der Waals surface area contributed by atoms with Crippen LogP contribution in [0.1, 0.15) is 16.8 Å². The lowest BCUT2D eigenvalue weighted by molar-refractivity contribution is -0.116. The molecule has 0 saturated carbocycles. The predicted molar refractivity (Wildman–Crippen MR) is 109 cm³/mol. The largest absolute Gasteiger partial charge is 0.396 e. The first-order valence-electron chi connectivity index (χ1n) is 9.10. The molecule has 7 nitrogen and oxygen atoms in total. The van der Waals surface area contributed by atoms with Crippen LogP contribution in [0.2, 0.25) is 0 Å². The quantitative estimate of drug-likeness (QED) is 0.673. The smallest absolute Gasteiger partial charge is 0.257 e. The van der Waals surface area contributed by atoms with Gasteiger partial charge in [-0.05, 0) is 25.1 Å². The summed E-state index contributed by atoms with van der Waals surface area (Å²) in [5.41, 5.74) is 2.16. The molecule has 3 aromatic rings. The molecule has 2 N–H and O–H groups in total. The molecule has 0 bridgehead atoms. The van der Waals surface area contributed by atoms with E-state index in [1.165, 1.54) is 4.57 Å². The van der Waals surface area contributed by atoms with E-state index in [9.17, 15) is 14.7 Å². The average Bonchev–Trinajstić information content (AvgIpc) is 2.73. The molecule has 0 saturated heterocycles. The van der Waals surface area contributed by atoms with E-state index in [1.54, 1.807) is 31.2 Å². The Balaban J connectivity index is 2.00. The van der Waals surface area contributed by atoms with Crippen molar-refractivity contribution in [3.63, 3.8) is 0 Å². The van der Waals surface area contributed by atoms with Crippen molar-refractivity contribution in [2.45, 2.75) is 19.9 Å². The van der Waals surface area contributed by atoms with Crippen LogP contribution < -0.4 is 10.9 Å². The summed E-state index contributed by atoms with van der Waals surface area (Å²) in [5, 5.41) is 21.0. The Morgan fingerprint density at radius 2 is 1.97 bits per heavy atom. The molecular weight excluding hydrogens is 368 g/mol. The van der Waals surface area contributed by atoms with Crippen LogP contribution in [-0.4, -0.2) is 27.2 Å². The Morgan fingerprint density at radius 1 is 1.21 bits per heavy atom. The fraction of sp³-hybridized carbons (Fsp3) is 0.182. The number of rotatable bonds is 6. The van der Waals surface area contributed by atoms with Gasteiger partial charge in [0.2, 0.25) is 5.91 Å². The number of aliphatic hydroxyl groups excluding tert-OH is 1. The van der Waals surface area contributed by atoms with E-state index in [-0.39, 0.29) is 25.1 Å². The van der Waals surface area contributed by atoms with E-state index >= 15 is 0 Å². The molecule has 7 heteroatoms. The second kappa shape index (κ2) is 8.95. The maximum absolute atomic E-state index is 13.1. The van der Waals surface area contributed by atoms with Gasteiger partial charge in [0, 0.05) is 35.5 Å². The summed E-state index contributed by atoms with van der Waals surface area (Å²) in [6.45, 7) is 1.29. The number of hydrogen-bond acceptors (Lipinski definition) is 5. The van der Waals surface area contributed by atoms with Crippen LogP contribution in [0, 0.1) is 18.3 Å². The molecule has 0 aliphatic heterocycles. The summed E-state index contributed by atoms with van der Waals surface area (Å²) in [5.74, 6) is -0.0318. The van der Waals surface area contributed by atoms with Gasteiger partial charge in [0.25, 0.3) is 5.56 Å². The van der Waals surface area contributed by atoms with Crippen LogP contribution in [0.4, 0.5) is 5.69 Å². The number of hydrogen-bond donors (Lipinski definition) is 2. The Hall–Kier alpha value is -3.76. The molecule has 0 aliphatic rings. The number of aliphatic hydroxyl groups is 1. The third kappa shape index (κ3) is 4.57. The molecule has 1 amide bonds. The number of carbonyl (C=O) groups excluding carboxylic acids is 1. The summed E-state index contributed by atoms with van der Waals surface area (Å²) in [7, 11) is 0. The van der Waals surface area contributed by atoms with Crippen LogP contribution in [0.3, 0.4) is 0 Å². The SMILES string of the molecule is Cc1nc(-c2ccccc2)n(CC(=O)Nc2cccc(C#N)c2)c(=O)c1CCO. The molecule has 29 heavy (non-hydrogen) atoms. The average molecular weight is 388 g/mol. The summed E-state index contributed by atoms with van der Waals surface area (Å²) < 4.78 is 1.32. The Labute approximate surface area is 167 Å². The molecule has 0 spiro atoms. The van der Waals surface area contributed by atoms with Gasteiger partial charge in [0.15, 0.2) is 0 Å². The standard InChI is InChI=1S/C22H20N4O3/c1-15-19(10-11-27)22(29)26(21(24-15)17-7-3-2-4-8-17)14-20(28)25-18-9-5-6-16(12-18)13-23/h2-9,12,27H,10-11,14H2,1H3,(H,25,28). The third-order valence-electron chi connectivity index (χ3n) is 4.44. The van der Waals surface area contributed by atoms with Gasteiger partial charge in [0.1, 0.15) is 12.4 Å². The molecule has 3 rings (SSSR count). The first-order valence-corrected chi connectivity index (χ1v) is 9.10. The first-order chi connectivity index (χ1) is 14.0. The summed E-state index contributed by atoms with van der Waals surface area (Å²) >= 11 is 0. The van der Waals surface area contributed by atoms with Crippen molar-refractivity contribution in [2.24, 2.45) is 0 Å². The topological polar surface area (TPSA) is 108 Å². The molecular formula is C22H20N4O3. The second-order valence-corrected chi connectivity index (χ2v) is 6.47. The third-order valence-corrected chi connectivity index (χ3v) is 4.44. The van der Waals surface area contributed by atoms with E-state index in [1.807, 2.05) is 36.4 Å². The number of amides is 1. The molecule has 0 aliphatic carbocycles. The monoisotopic (exact) mass is 388 g/mol. The lowest BCUT2D eigenvalue weighted by Gasteiger charge is -2.16. The molecule has 1 aromatic heterocycles. The van der Waals surface area contributed by atoms with Crippen LogP contribution >= 0.6 is 0 Å². The Bertz CT molecular complexity index is 1130. The number of nitrogens with zero attached hydrogens (tertiary/aromatic N) is 3. The van der Waals surface area contributed by atoms with Crippen molar-refractivity contribution in [1.29, 1.82) is 5.26 Å². The number of aromatic nitrogens is 2. The van der Waals surface area contributed by atoms with Crippen LogP contribution in [0.25, 0.3) is 11.4 Å². The van der Waals surface area contributed by atoms with Gasteiger partial charge in [-0.2, -0.15) is 5.26 Å². The lowest BCUT2D eigenvalue weighted by atomic mass is 10.1. The number of nitrogens with one attached hydrogen (secondary N) is 1. The van der Waals surface area contributed by atoms with Crippen LogP contribution in [0.15, 0.2) is 59.4 Å². The van der Waals surface area contributed by atoms with Gasteiger partial charge in [-0.1, -0.05) is 36.4 Å². The van der Waals surface area contributed by atoms with Crippen molar-refractivity contribution in [3.8, 4) is 17.5 Å². The van der Waals surface area contributed by atoms with Gasteiger partial charge in [-0.3, -0.25) is 14.2 Å². The number of carbonyl (C=O) groups is 1. The van der Waals surface area contributed by atoms with Crippen LogP contribution in [-0.2, 0) is 17.8 Å². The molecule has 0 atom stereocenters. The fourth-order valence-electron chi connectivity index (χ4n) is 3.07. The van der Waals surface area contributed by atoms with Gasteiger partial charge in [-0.15, -0.1) is 0 Å². The second-order valence-electron chi connectivity index (χ2n) is 6.47. The lowest BCUT2D eigenvalue weighted by Crippen LogP contribution is -2.33. The molecule has 0 fully saturated rings. The van der Waals surface area contributed by atoms with Crippen LogP contribution in [0.5, 0.6) is 0 Å². The van der Waals surface area contributed by atoms with E-state index in [0.717, 1.165) is 0 Å². The number of anilines is 1. The predicted octanol–water partition coefficient (Wildman–Crippen LogP) is 2.26. The van der Waals surface area contributed by atoms with E-state index in [4.69, 9.17) is 5.26 Å². The highest BCUT2D eigenvalue weighted by molar-refractivity contribution is 5.91. The summed E-state index contributed by atoms with van der Waals surface area (Å²) in [6.07, 6.45) is 0.165. The van der Waals surface area contributed by atoms with Gasteiger partial charge < -0.3 is 10.4 Å². The van der Waals surface area contributed by atoms with Gasteiger partial charge in [-0.25, -0.2) is 4.98 Å². The van der Waals surface area contributed by atoms with E-state index < -0.39 is 5.91 Å². The Kier molecular flexibility index (Phi) is 6.17. The number of benzene rings is 2. The molecule has 0 radical (unpaired) electrons. The highest BCUT2D eigenvalue weighted by Crippen LogP contribution is 2.18. The van der Waals surface area contributed by atoms with E-state index in [0.29, 0.717) is 33.9 Å². The number of aryl methyl sites for hydroxylation is 1. The Morgan fingerprint density at radius 3 is 2.66 bits per heavy atom. The van der Waals surface area contributed by atoms with Crippen molar-refractivity contribution in [1.82, 2.24) is 9.55 Å². The molecule has 146 valence electrons. The van der Waals surface area contributed by atoms with Crippen molar-refractivity contribution >= 4 is 11.6 Å².